The summed E-state index contributed by atoms with van der Waals surface area (Å²) in [5.74, 6) is -0.499. The van der Waals surface area contributed by atoms with Crippen molar-refractivity contribution in [2.75, 3.05) is 0 Å². The second-order valence-electron chi connectivity index (χ2n) is 2.02. The van der Waals surface area contributed by atoms with Crippen molar-refractivity contribution < 1.29 is 9.18 Å². The van der Waals surface area contributed by atoms with E-state index >= 15 is 0 Å². The molecule has 1 aromatic rings. The summed E-state index contributed by atoms with van der Waals surface area (Å²) in [6, 6.07) is 8.43. The number of benzene rings is 1. The summed E-state index contributed by atoms with van der Waals surface area (Å²) in [6.45, 7) is 0. The lowest BCUT2D eigenvalue weighted by Gasteiger charge is -1.92. The third kappa shape index (κ3) is 2.00. The topological polar surface area (TPSA) is 17.1 Å². The van der Waals surface area contributed by atoms with Gasteiger partial charge >= 0.3 is 0 Å². The van der Waals surface area contributed by atoms with Gasteiger partial charge in [0.15, 0.2) is 0 Å². The number of aldehydes is 1. The van der Waals surface area contributed by atoms with Crippen LogP contribution in [0.2, 0.25) is 0 Å². The lowest BCUT2D eigenvalue weighted by molar-refractivity contribution is -0.104. The number of allylic oxidation sites excluding steroid dienone is 1. The molecule has 0 aliphatic carbocycles. The predicted molar refractivity (Wildman–Crippen MR) is 41.6 cm³/mol. The molecule has 0 saturated heterocycles. The molecule has 0 atom stereocenters. The van der Waals surface area contributed by atoms with Gasteiger partial charge in [0.1, 0.15) is 12.1 Å². The average molecular weight is 150 g/mol. The lowest BCUT2D eigenvalue weighted by atomic mass is 10.2. The van der Waals surface area contributed by atoms with Crippen LogP contribution < -0.4 is 0 Å². The van der Waals surface area contributed by atoms with Crippen LogP contribution in [0.5, 0.6) is 0 Å². The molecule has 0 amide bonds. The maximum absolute atomic E-state index is 12.8. The molecule has 0 aliphatic heterocycles. The first kappa shape index (κ1) is 7.66. The Morgan fingerprint density at radius 2 is 1.91 bits per heavy atom. The third-order valence-corrected chi connectivity index (χ3v) is 1.26. The fourth-order valence-electron chi connectivity index (χ4n) is 0.753. The van der Waals surface area contributed by atoms with E-state index in [0.717, 1.165) is 6.08 Å². The van der Waals surface area contributed by atoms with Crippen molar-refractivity contribution in [3.05, 3.63) is 42.0 Å². The second kappa shape index (κ2) is 3.66. The molecular weight excluding hydrogens is 143 g/mol. The van der Waals surface area contributed by atoms with Crippen molar-refractivity contribution in [3.8, 4) is 0 Å². The monoisotopic (exact) mass is 150 g/mol. The number of carbonyl (C=O) groups excluding carboxylic acids is 1. The SMILES string of the molecule is O=CC=C(F)c1ccccc1. The van der Waals surface area contributed by atoms with Crippen LogP contribution in [-0.2, 0) is 4.79 Å². The Hall–Kier alpha value is -1.44. The largest absolute Gasteiger partial charge is 0.298 e. The Kier molecular flexibility index (Phi) is 2.55. The van der Waals surface area contributed by atoms with E-state index < -0.39 is 5.83 Å². The van der Waals surface area contributed by atoms with Gasteiger partial charge in [0, 0.05) is 11.6 Å². The molecule has 0 saturated carbocycles. The first-order valence-electron chi connectivity index (χ1n) is 3.21. The van der Waals surface area contributed by atoms with E-state index in [9.17, 15) is 9.18 Å². The number of halogens is 1. The second-order valence-corrected chi connectivity index (χ2v) is 2.02. The first-order valence-corrected chi connectivity index (χ1v) is 3.21. The molecule has 0 radical (unpaired) electrons. The van der Waals surface area contributed by atoms with E-state index in [-0.39, 0.29) is 0 Å². The highest BCUT2D eigenvalue weighted by Gasteiger charge is 1.95. The summed E-state index contributed by atoms with van der Waals surface area (Å²) in [6.07, 6.45) is 1.33. The molecule has 56 valence electrons. The summed E-state index contributed by atoms with van der Waals surface area (Å²) in [7, 11) is 0. The van der Waals surface area contributed by atoms with Crippen molar-refractivity contribution in [3.63, 3.8) is 0 Å². The van der Waals surface area contributed by atoms with Crippen LogP contribution in [0.3, 0.4) is 0 Å². The number of hydrogen-bond acceptors (Lipinski definition) is 1. The van der Waals surface area contributed by atoms with Gasteiger partial charge in [0.05, 0.1) is 0 Å². The molecule has 1 aromatic carbocycles. The Bertz CT molecular complexity index is 264. The Balaban J connectivity index is 2.94. The van der Waals surface area contributed by atoms with Gasteiger partial charge in [-0.25, -0.2) is 4.39 Å². The van der Waals surface area contributed by atoms with Gasteiger partial charge in [-0.3, -0.25) is 4.79 Å². The van der Waals surface area contributed by atoms with E-state index in [1.165, 1.54) is 0 Å². The average Bonchev–Trinajstić information content (AvgIpc) is 2.07. The molecule has 2 heteroatoms. The molecule has 0 heterocycles. The summed E-state index contributed by atoms with van der Waals surface area (Å²) in [5, 5.41) is 0. The van der Waals surface area contributed by atoms with Crippen molar-refractivity contribution in [1.82, 2.24) is 0 Å². The third-order valence-electron chi connectivity index (χ3n) is 1.26. The molecule has 1 rings (SSSR count). The highest BCUT2D eigenvalue weighted by molar-refractivity contribution is 5.78. The fourth-order valence-corrected chi connectivity index (χ4v) is 0.753. The zero-order valence-corrected chi connectivity index (χ0v) is 5.83. The molecule has 0 N–H and O–H groups in total. The minimum absolute atomic E-state index is 0.430. The number of hydrogen-bond donors (Lipinski definition) is 0. The van der Waals surface area contributed by atoms with Crippen LogP contribution in [0.4, 0.5) is 4.39 Å². The van der Waals surface area contributed by atoms with Gasteiger partial charge < -0.3 is 0 Å². The van der Waals surface area contributed by atoms with Crippen molar-refractivity contribution in [1.29, 1.82) is 0 Å². The van der Waals surface area contributed by atoms with Crippen molar-refractivity contribution >= 4 is 12.1 Å². The Morgan fingerprint density at radius 1 is 1.27 bits per heavy atom. The summed E-state index contributed by atoms with van der Waals surface area (Å²) in [4.78, 5) is 9.87. The van der Waals surface area contributed by atoms with E-state index in [2.05, 4.69) is 0 Å². The van der Waals surface area contributed by atoms with Crippen LogP contribution in [0, 0.1) is 0 Å². The highest BCUT2D eigenvalue weighted by Crippen LogP contribution is 2.13. The first-order chi connectivity index (χ1) is 5.34. The van der Waals surface area contributed by atoms with E-state index in [1.807, 2.05) is 0 Å². The smallest absolute Gasteiger partial charge is 0.145 e. The number of rotatable bonds is 2. The molecule has 0 spiro atoms. The fraction of sp³-hybridized carbons (Fsp3) is 0. The molecular formula is C9H7FO. The summed E-state index contributed by atoms with van der Waals surface area (Å²) < 4.78 is 12.8. The van der Waals surface area contributed by atoms with Crippen LogP contribution in [0.1, 0.15) is 5.56 Å². The zero-order chi connectivity index (χ0) is 8.10. The quantitative estimate of drug-likeness (QED) is 0.466. The van der Waals surface area contributed by atoms with Crippen molar-refractivity contribution in [2.45, 2.75) is 0 Å². The van der Waals surface area contributed by atoms with Gasteiger partial charge in [-0.05, 0) is 0 Å². The molecule has 1 nitrogen and oxygen atoms in total. The standard InChI is InChI=1S/C9H7FO/c10-9(6-7-11)8-4-2-1-3-5-8/h1-7H. The predicted octanol–water partition coefficient (Wildman–Crippen LogP) is 2.20. The van der Waals surface area contributed by atoms with E-state index in [4.69, 9.17) is 0 Å². The lowest BCUT2D eigenvalue weighted by Crippen LogP contribution is -1.76. The maximum Gasteiger partial charge on any atom is 0.145 e. The molecule has 0 unspecified atom stereocenters. The van der Waals surface area contributed by atoms with Gasteiger partial charge in [-0.15, -0.1) is 0 Å². The Morgan fingerprint density at radius 3 is 2.45 bits per heavy atom. The van der Waals surface area contributed by atoms with Gasteiger partial charge in [0.2, 0.25) is 0 Å². The molecule has 0 fully saturated rings. The van der Waals surface area contributed by atoms with Gasteiger partial charge in [-0.2, -0.15) is 0 Å². The summed E-state index contributed by atoms with van der Waals surface area (Å²) >= 11 is 0. The van der Waals surface area contributed by atoms with Gasteiger partial charge in [-0.1, -0.05) is 30.3 Å². The zero-order valence-electron chi connectivity index (χ0n) is 5.83. The van der Waals surface area contributed by atoms with Crippen molar-refractivity contribution in [2.24, 2.45) is 0 Å². The van der Waals surface area contributed by atoms with Crippen LogP contribution in [0.25, 0.3) is 5.83 Å². The number of carbonyl (C=O) groups is 1. The van der Waals surface area contributed by atoms with Crippen LogP contribution in [0.15, 0.2) is 36.4 Å². The minimum atomic E-state index is -0.499. The Labute approximate surface area is 64.2 Å². The summed E-state index contributed by atoms with van der Waals surface area (Å²) in [5.41, 5.74) is 0.430. The minimum Gasteiger partial charge on any atom is -0.298 e. The maximum atomic E-state index is 12.8. The molecule has 0 aromatic heterocycles. The molecule has 0 aliphatic rings. The van der Waals surface area contributed by atoms with Gasteiger partial charge in [0.25, 0.3) is 0 Å². The van der Waals surface area contributed by atoms with E-state index in [1.54, 1.807) is 30.3 Å². The van der Waals surface area contributed by atoms with E-state index in [0.29, 0.717) is 11.8 Å². The molecule has 0 bridgehead atoms. The van der Waals surface area contributed by atoms with Crippen LogP contribution >= 0.6 is 0 Å². The highest BCUT2D eigenvalue weighted by atomic mass is 19.1. The normalized spacial score (nSPS) is 11.2. The molecule has 11 heavy (non-hydrogen) atoms. The van der Waals surface area contributed by atoms with Crippen LogP contribution in [-0.4, -0.2) is 6.29 Å².